The number of hydrogen-bond acceptors (Lipinski definition) is 4. The zero-order chi connectivity index (χ0) is 13.4. The quantitative estimate of drug-likeness (QED) is 0.552. The molecule has 0 heterocycles. The fourth-order valence-corrected chi connectivity index (χ4v) is 1.54. The zero-order valence-corrected chi connectivity index (χ0v) is 11.1. The van der Waals surface area contributed by atoms with Gasteiger partial charge in [0.2, 0.25) is 0 Å². The molecule has 1 aromatic rings. The van der Waals surface area contributed by atoms with Gasteiger partial charge in [0.05, 0.1) is 5.56 Å². The van der Waals surface area contributed by atoms with Gasteiger partial charge < -0.3 is 14.2 Å². The van der Waals surface area contributed by atoms with Crippen molar-refractivity contribution in [3.8, 4) is 0 Å². The molecule has 0 N–H and O–H groups in total. The minimum absolute atomic E-state index is 0.106. The van der Waals surface area contributed by atoms with Crippen LogP contribution in [0.15, 0.2) is 24.3 Å². The molecule has 0 aliphatic rings. The van der Waals surface area contributed by atoms with E-state index in [2.05, 4.69) is 0 Å². The van der Waals surface area contributed by atoms with Gasteiger partial charge in [0, 0.05) is 13.2 Å². The van der Waals surface area contributed by atoms with Gasteiger partial charge in [-0.25, -0.2) is 4.79 Å². The molecule has 0 unspecified atom stereocenters. The lowest BCUT2D eigenvalue weighted by molar-refractivity contribution is -0.158. The Morgan fingerprint density at radius 3 is 2.33 bits per heavy atom. The van der Waals surface area contributed by atoms with Gasteiger partial charge in [0.25, 0.3) is 0 Å². The molecule has 0 saturated carbocycles. The van der Waals surface area contributed by atoms with Gasteiger partial charge in [-0.3, -0.25) is 0 Å². The Labute approximate surface area is 108 Å². The monoisotopic (exact) mass is 252 g/mol. The van der Waals surface area contributed by atoms with Crippen LogP contribution < -0.4 is 0 Å². The molecule has 0 atom stereocenters. The number of benzene rings is 1. The minimum Gasteiger partial charge on any atom is -0.457 e. The third-order valence-electron chi connectivity index (χ3n) is 2.42. The Morgan fingerprint density at radius 1 is 1.17 bits per heavy atom. The van der Waals surface area contributed by atoms with E-state index in [9.17, 15) is 4.79 Å². The number of ether oxygens (including phenoxy) is 3. The Balaban J connectivity index is 2.52. The van der Waals surface area contributed by atoms with Crippen molar-refractivity contribution in [2.75, 3.05) is 19.8 Å². The van der Waals surface area contributed by atoms with Crippen LogP contribution in [0.25, 0.3) is 0 Å². The number of hydrogen-bond donors (Lipinski definition) is 0. The molecular formula is C14H20O4. The van der Waals surface area contributed by atoms with Crippen LogP contribution in [0.4, 0.5) is 0 Å². The summed E-state index contributed by atoms with van der Waals surface area (Å²) in [6.45, 7) is 6.76. The van der Waals surface area contributed by atoms with Crippen LogP contribution >= 0.6 is 0 Å². The maximum absolute atomic E-state index is 11.8. The SMILES string of the molecule is CCOC(COC(=O)c1ccccc1C)OCC. The highest BCUT2D eigenvalue weighted by Gasteiger charge is 2.14. The molecule has 4 nitrogen and oxygen atoms in total. The van der Waals surface area contributed by atoms with Crippen LogP contribution in [0, 0.1) is 6.92 Å². The lowest BCUT2D eigenvalue weighted by Crippen LogP contribution is -2.25. The largest absolute Gasteiger partial charge is 0.457 e. The second-order valence-electron chi connectivity index (χ2n) is 3.75. The summed E-state index contributed by atoms with van der Waals surface area (Å²) in [7, 11) is 0. The summed E-state index contributed by atoms with van der Waals surface area (Å²) in [5.74, 6) is -0.350. The molecule has 0 fully saturated rings. The van der Waals surface area contributed by atoms with Crippen LogP contribution in [-0.4, -0.2) is 32.1 Å². The third kappa shape index (κ3) is 4.47. The van der Waals surface area contributed by atoms with E-state index in [0.29, 0.717) is 18.8 Å². The highest BCUT2D eigenvalue weighted by Crippen LogP contribution is 2.09. The number of rotatable bonds is 7. The summed E-state index contributed by atoms with van der Waals surface area (Å²) < 4.78 is 15.8. The molecule has 0 spiro atoms. The smallest absolute Gasteiger partial charge is 0.338 e. The average molecular weight is 252 g/mol. The van der Waals surface area contributed by atoms with Gasteiger partial charge in [0.15, 0.2) is 6.29 Å². The molecule has 4 heteroatoms. The zero-order valence-electron chi connectivity index (χ0n) is 11.1. The fourth-order valence-electron chi connectivity index (χ4n) is 1.54. The van der Waals surface area contributed by atoms with Gasteiger partial charge in [-0.15, -0.1) is 0 Å². The van der Waals surface area contributed by atoms with Gasteiger partial charge in [-0.2, -0.15) is 0 Å². The van der Waals surface area contributed by atoms with Gasteiger partial charge in [0.1, 0.15) is 6.61 Å². The number of carbonyl (C=O) groups excluding carboxylic acids is 1. The van der Waals surface area contributed by atoms with Crippen LogP contribution in [-0.2, 0) is 14.2 Å². The van der Waals surface area contributed by atoms with E-state index in [-0.39, 0.29) is 12.6 Å². The van der Waals surface area contributed by atoms with E-state index >= 15 is 0 Å². The van der Waals surface area contributed by atoms with Crippen molar-refractivity contribution in [2.24, 2.45) is 0 Å². The maximum atomic E-state index is 11.8. The van der Waals surface area contributed by atoms with E-state index in [4.69, 9.17) is 14.2 Å². The van der Waals surface area contributed by atoms with Crippen molar-refractivity contribution in [3.05, 3.63) is 35.4 Å². The molecule has 100 valence electrons. The lowest BCUT2D eigenvalue weighted by Gasteiger charge is -2.17. The Hall–Kier alpha value is -1.39. The number of aryl methyl sites for hydroxylation is 1. The molecular weight excluding hydrogens is 232 g/mol. The minimum atomic E-state index is -0.493. The average Bonchev–Trinajstić information content (AvgIpc) is 2.36. The van der Waals surface area contributed by atoms with Gasteiger partial charge in [-0.1, -0.05) is 18.2 Å². The van der Waals surface area contributed by atoms with E-state index in [1.807, 2.05) is 39.0 Å². The van der Waals surface area contributed by atoms with E-state index in [1.165, 1.54) is 0 Å². The summed E-state index contributed by atoms with van der Waals surface area (Å²) in [5.41, 5.74) is 1.47. The molecule has 0 aromatic heterocycles. The molecule has 0 bridgehead atoms. The van der Waals surface area contributed by atoms with Crippen molar-refractivity contribution in [1.29, 1.82) is 0 Å². The summed E-state index contributed by atoms with van der Waals surface area (Å²) in [4.78, 5) is 11.8. The first kappa shape index (κ1) is 14.7. The highest BCUT2D eigenvalue weighted by atomic mass is 16.7. The van der Waals surface area contributed by atoms with Gasteiger partial charge >= 0.3 is 5.97 Å². The van der Waals surface area contributed by atoms with Crippen LogP contribution in [0.1, 0.15) is 29.8 Å². The predicted molar refractivity (Wildman–Crippen MR) is 68.5 cm³/mol. The van der Waals surface area contributed by atoms with Crippen molar-refractivity contribution < 1.29 is 19.0 Å². The lowest BCUT2D eigenvalue weighted by atomic mass is 10.1. The Kier molecular flexibility index (Phi) is 6.39. The third-order valence-corrected chi connectivity index (χ3v) is 2.42. The molecule has 18 heavy (non-hydrogen) atoms. The van der Waals surface area contributed by atoms with Crippen molar-refractivity contribution in [3.63, 3.8) is 0 Å². The second kappa shape index (κ2) is 7.84. The molecule has 0 aliphatic heterocycles. The molecule has 0 radical (unpaired) electrons. The first-order valence-electron chi connectivity index (χ1n) is 6.15. The predicted octanol–water partition coefficient (Wildman–Crippen LogP) is 2.55. The van der Waals surface area contributed by atoms with Crippen molar-refractivity contribution in [2.45, 2.75) is 27.1 Å². The molecule has 1 rings (SSSR count). The summed E-state index contributed by atoms with van der Waals surface area (Å²) in [6.07, 6.45) is -0.493. The van der Waals surface area contributed by atoms with Crippen LogP contribution in [0.5, 0.6) is 0 Å². The molecule has 0 amide bonds. The van der Waals surface area contributed by atoms with Crippen LogP contribution in [0.2, 0.25) is 0 Å². The van der Waals surface area contributed by atoms with Crippen LogP contribution in [0.3, 0.4) is 0 Å². The topological polar surface area (TPSA) is 44.8 Å². The Morgan fingerprint density at radius 2 is 1.78 bits per heavy atom. The molecule has 0 aliphatic carbocycles. The van der Waals surface area contributed by atoms with E-state index in [1.54, 1.807) is 6.07 Å². The van der Waals surface area contributed by atoms with Crippen molar-refractivity contribution >= 4 is 5.97 Å². The fraction of sp³-hybridized carbons (Fsp3) is 0.500. The van der Waals surface area contributed by atoms with Gasteiger partial charge in [-0.05, 0) is 32.4 Å². The maximum Gasteiger partial charge on any atom is 0.338 e. The molecule has 0 saturated heterocycles. The Bertz CT molecular complexity index is 370. The first-order chi connectivity index (χ1) is 8.69. The molecule has 1 aromatic carbocycles. The van der Waals surface area contributed by atoms with E-state index in [0.717, 1.165) is 5.56 Å². The highest BCUT2D eigenvalue weighted by molar-refractivity contribution is 5.90. The first-order valence-corrected chi connectivity index (χ1v) is 6.15. The standard InChI is InChI=1S/C14H20O4/c1-4-16-13(17-5-2)10-18-14(15)12-9-7-6-8-11(12)3/h6-9,13H,4-5,10H2,1-3H3. The normalized spacial score (nSPS) is 10.7. The van der Waals surface area contributed by atoms with Crippen molar-refractivity contribution in [1.82, 2.24) is 0 Å². The summed E-state index contributed by atoms with van der Waals surface area (Å²) in [6, 6.07) is 7.31. The summed E-state index contributed by atoms with van der Waals surface area (Å²) in [5, 5.41) is 0. The summed E-state index contributed by atoms with van der Waals surface area (Å²) >= 11 is 0. The second-order valence-corrected chi connectivity index (χ2v) is 3.75. The number of esters is 1. The number of carbonyl (C=O) groups is 1. The van der Waals surface area contributed by atoms with E-state index < -0.39 is 6.29 Å².